The molecule has 0 unspecified atom stereocenters. The minimum absolute atomic E-state index is 0.0637. The zero-order valence-corrected chi connectivity index (χ0v) is 37.7. The number of hydrogen-bond donors (Lipinski definition) is 4. The van der Waals surface area contributed by atoms with Crippen LogP contribution in [0.15, 0.2) is 91.0 Å². The number of carbonyl (C=O) groups excluding carboxylic acids is 4. The van der Waals surface area contributed by atoms with E-state index in [0.717, 1.165) is 79.8 Å². The van der Waals surface area contributed by atoms with Crippen LogP contribution in [0.1, 0.15) is 74.9 Å². The van der Waals surface area contributed by atoms with Crippen molar-refractivity contribution in [3.63, 3.8) is 0 Å². The number of piperidine rings is 1. The van der Waals surface area contributed by atoms with E-state index in [1.807, 2.05) is 55.1 Å². The van der Waals surface area contributed by atoms with E-state index >= 15 is 0 Å². The number of rotatable bonds is 12. The van der Waals surface area contributed by atoms with Gasteiger partial charge < -0.3 is 44.6 Å². The Balaban J connectivity index is 0.924. The highest BCUT2D eigenvalue weighted by Crippen LogP contribution is 2.53. The molecule has 5 aromatic carbocycles. The van der Waals surface area contributed by atoms with Gasteiger partial charge in [-0.2, -0.15) is 0 Å². The van der Waals surface area contributed by atoms with Gasteiger partial charge in [0.2, 0.25) is 5.91 Å². The van der Waals surface area contributed by atoms with Gasteiger partial charge in [-0.1, -0.05) is 87.0 Å². The Labute approximate surface area is 381 Å². The van der Waals surface area contributed by atoms with Crippen molar-refractivity contribution in [2.24, 2.45) is 17.8 Å². The number of nitrogens with one attached hydrogen (secondary N) is 4. The summed E-state index contributed by atoms with van der Waals surface area (Å²) < 4.78 is 15.3. The van der Waals surface area contributed by atoms with E-state index in [9.17, 15) is 19.2 Å². The van der Waals surface area contributed by atoms with E-state index in [4.69, 9.17) is 24.2 Å². The molecule has 2 aliphatic heterocycles. The SMILES string of the molecule is CC[C@H](C)[C@H](NC(=O)OC)C(=O)N1[C@@H]2C[C@@H]2C[C@H]1c1nc2c(ccc3cc(-c4ccc5c(ccc6[nH]c([C@@H]7C[C@H](COC)CN7C(=O)[C@H](NC(=O)OC)c7ccccc7)nc65)c4)ccc32)[nH]1. The van der Waals surface area contributed by atoms with Crippen molar-refractivity contribution in [2.45, 2.75) is 69.7 Å². The Kier molecular flexibility index (Phi) is 11.3. The number of methoxy groups -OCH3 is 3. The van der Waals surface area contributed by atoms with Crippen molar-refractivity contribution in [3.05, 3.63) is 108 Å². The maximum atomic E-state index is 14.4. The van der Waals surface area contributed by atoms with Crippen LogP contribution in [0.2, 0.25) is 0 Å². The second-order valence-corrected chi connectivity index (χ2v) is 18.1. The van der Waals surface area contributed by atoms with Crippen LogP contribution in [0.4, 0.5) is 9.59 Å². The first kappa shape index (κ1) is 42.9. The summed E-state index contributed by atoms with van der Waals surface area (Å²) in [6, 6.07) is 28.2. The molecule has 10 rings (SSSR count). The van der Waals surface area contributed by atoms with E-state index in [2.05, 4.69) is 75.2 Å². The molecule has 4 N–H and O–H groups in total. The van der Waals surface area contributed by atoms with Gasteiger partial charge in [0.15, 0.2) is 0 Å². The number of benzene rings is 5. The van der Waals surface area contributed by atoms with Crippen LogP contribution in [0.25, 0.3) is 54.7 Å². The van der Waals surface area contributed by atoms with Gasteiger partial charge in [-0.05, 0) is 82.8 Å². The molecule has 7 aromatic rings. The molecule has 2 saturated heterocycles. The molecular weight excluding hydrogens is 837 g/mol. The predicted octanol–water partition coefficient (Wildman–Crippen LogP) is 8.48. The van der Waals surface area contributed by atoms with Crippen molar-refractivity contribution < 1.29 is 33.4 Å². The summed E-state index contributed by atoms with van der Waals surface area (Å²) in [6.07, 6.45) is 1.88. The van der Waals surface area contributed by atoms with Gasteiger partial charge in [-0.25, -0.2) is 19.6 Å². The third-order valence-corrected chi connectivity index (χ3v) is 14.1. The highest BCUT2D eigenvalue weighted by Gasteiger charge is 2.56. The lowest BCUT2D eigenvalue weighted by Gasteiger charge is -2.32. The number of fused-ring (bicyclic) bond motifs is 7. The van der Waals surface area contributed by atoms with Gasteiger partial charge in [0, 0.05) is 36.4 Å². The number of likely N-dealkylation sites (tertiary alicyclic amines) is 2. The van der Waals surface area contributed by atoms with E-state index < -0.39 is 24.3 Å². The van der Waals surface area contributed by atoms with Crippen molar-refractivity contribution >= 4 is 67.6 Å². The molecule has 15 nitrogen and oxygen atoms in total. The number of hydrogen-bond acceptors (Lipinski definition) is 9. The highest BCUT2D eigenvalue weighted by atomic mass is 16.5. The maximum Gasteiger partial charge on any atom is 0.407 e. The summed E-state index contributed by atoms with van der Waals surface area (Å²) in [5.41, 5.74) is 6.21. The molecule has 8 atom stereocenters. The third-order valence-electron chi connectivity index (χ3n) is 14.1. The number of H-pyrrole nitrogens is 2. The maximum absolute atomic E-state index is 14.4. The third kappa shape index (κ3) is 7.74. The lowest BCUT2D eigenvalue weighted by atomic mass is 9.97. The van der Waals surface area contributed by atoms with Gasteiger partial charge in [0.05, 0.1) is 55.0 Å². The molecule has 3 fully saturated rings. The molecular formula is C51H54N8O7. The van der Waals surface area contributed by atoms with E-state index in [-0.39, 0.29) is 41.8 Å². The van der Waals surface area contributed by atoms with Gasteiger partial charge >= 0.3 is 12.2 Å². The second kappa shape index (κ2) is 17.4. The number of aromatic nitrogens is 4. The number of aromatic amines is 2. The zero-order chi connectivity index (χ0) is 45.8. The van der Waals surface area contributed by atoms with Crippen molar-refractivity contribution in [2.75, 3.05) is 34.5 Å². The van der Waals surface area contributed by atoms with Crippen LogP contribution < -0.4 is 10.6 Å². The fourth-order valence-electron chi connectivity index (χ4n) is 10.4. The average Bonchev–Trinajstić information content (AvgIpc) is 3.77. The Bertz CT molecular complexity index is 3000. The molecule has 1 aliphatic carbocycles. The molecule has 4 amide bonds. The van der Waals surface area contributed by atoms with Gasteiger partial charge in [-0.15, -0.1) is 0 Å². The fraction of sp³-hybridized carbons (Fsp3) is 0.373. The molecule has 0 bridgehead atoms. The molecule has 4 heterocycles. The molecule has 0 radical (unpaired) electrons. The van der Waals surface area contributed by atoms with Gasteiger partial charge in [0.25, 0.3) is 5.91 Å². The van der Waals surface area contributed by atoms with Crippen LogP contribution in [-0.2, 0) is 23.8 Å². The van der Waals surface area contributed by atoms with Crippen molar-refractivity contribution in [1.82, 2.24) is 40.4 Å². The molecule has 1 saturated carbocycles. The average molecular weight is 891 g/mol. The predicted molar refractivity (Wildman–Crippen MR) is 250 cm³/mol. The zero-order valence-electron chi connectivity index (χ0n) is 37.7. The minimum atomic E-state index is -0.943. The topological polar surface area (TPSA) is 184 Å². The van der Waals surface area contributed by atoms with Crippen LogP contribution in [0, 0.1) is 17.8 Å². The smallest absolute Gasteiger partial charge is 0.407 e. The first-order valence-electron chi connectivity index (χ1n) is 22.8. The van der Waals surface area contributed by atoms with Crippen LogP contribution in [-0.4, -0.2) is 100 Å². The number of ether oxygens (including phenoxy) is 3. The van der Waals surface area contributed by atoms with E-state index in [1.165, 1.54) is 14.2 Å². The fourth-order valence-corrected chi connectivity index (χ4v) is 10.4. The minimum Gasteiger partial charge on any atom is -0.453 e. The molecule has 3 aliphatic rings. The quantitative estimate of drug-likeness (QED) is 0.0935. The van der Waals surface area contributed by atoms with Gasteiger partial charge in [0.1, 0.15) is 23.7 Å². The van der Waals surface area contributed by atoms with Gasteiger partial charge in [-0.3, -0.25) is 9.59 Å². The second-order valence-electron chi connectivity index (χ2n) is 18.1. The van der Waals surface area contributed by atoms with E-state index in [0.29, 0.717) is 36.9 Å². The standard InChI is InChI=1S/C51H54N8O7/c1-6-27(2)42(56-50(62)65-4)49(61)59-39-23-34(39)24-41(59)47-53-38-19-15-33-22-31(13-17-36(33)45(38)55-47)30-12-16-35-32(21-30)14-18-37-44(35)54-46(52-37)40-20-28(26-64-3)25-58(40)48(60)43(57-51(63)66-5)29-10-8-7-9-11-29/h7-19,21-22,27-28,34,39-43H,6,20,23-26H2,1-5H3,(H,52,54)(H,53,55)(H,56,62)(H,57,63)/t27-,28-,34+,39+,40-,41-,42-,43+/m0/s1. The first-order chi connectivity index (χ1) is 32.1. The Hall–Kier alpha value is -7.00. The molecule has 15 heteroatoms. The highest BCUT2D eigenvalue weighted by molar-refractivity contribution is 6.07. The summed E-state index contributed by atoms with van der Waals surface area (Å²) in [6.45, 7) is 4.92. The lowest BCUT2D eigenvalue weighted by Crippen LogP contribution is -2.52. The Morgan fingerprint density at radius 1 is 0.727 bits per heavy atom. The largest absolute Gasteiger partial charge is 0.453 e. The number of carbonyl (C=O) groups is 4. The summed E-state index contributed by atoms with van der Waals surface area (Å²) in [4.78, 5) is 74.5. The number of amides is 4. The Morgan fingerprint density at radius 3 is 1.92 bits per heavy atom. The summed E-state index contributed by atoms with van der Waals surface area (Å²) >= 11 is 0. The van der Waals surface area contributed by atoms with Crippen molar-refractivity contribution in [3.8, 4) is 11.1 Å². The number of imidazole rings is 2. The van der Waals surface area contributed by atoms with Crippen molar-refractivity contribution in [1.29, 1.82) is 0 Å². The lowest BCUT2D eigenvalue weighted by molar-refractivity contribution is -0.137. The number of alkyl carbamates (subject to hydrolysis) is 2. The summed E-state index contributed by atoms with van der Waals surface area (Å²) in [5, 5.41) is 9.64. The number of nitrogens with zero attached hydrogens (tertiary/aromatic N) is 4. The van der Waals surface area contributed by atoms with Crippen LogP contribution >= 0.6 is 0 Å². The molecule has 2 aromatic heterocycles. The molecule has 340 valence electrons. The summed E-state index contributed by atoms with van der Waals surface area (Å²) in [7, 11) is 4.26. The summed E-state index contributed by atoms with van der Waals surface area (Å²) in [5.74, 6) is 1.54. The first-order valence-corrected chi connectivity index (χ1v) is 22.8. The van der Waals surface area contributed by atoms with Crippen LogP contribution in [0.3, 0.4) is 0 Å². The molecule has 0 spiro atoms. The monoisotopic (exact) mass is 890 g/mol. The normalized spacial score (nSPS) is 21.5. The van der Waals surface area contributed by atoms with E-state index in [1.54, 1.807) is 12.0 Å². The van der Waals surface area contributed by atoms with Crippen LogP contribution in [0.5, 0.6) is 0 Å². The molecule has 66 heavy (non-hydrogen) atoms. The Morgan fingerprint density at radius 2 is 1.33 bits per heavy atom.